The van der Waals surface area contributed by atoms with Gasteiger partial charge >= 0.3 is 0 Å². The second kappa shape index (κ2) is 11.3. The molecule has 6 rings (SSSR count). The Labute approximate surface area is 273 Å². The first-order valence-corrected chi connectivity index (χ1v) is 16.2. The summed E-state index contributed by atoms with van der Waals surface area (Å²) in [6.45, 7) is 19.8. The van der Waals surface area contributed by atoms with Gasteiger partial charge in [0.25, 0.3) is 0 Å². The Hall–Kier alpha value is -4.70. The maximum atomic E-state index is 12.0. The summed E-state index contributed by atoms with van der Waals surface area (Å²) in [6, 6.07) is 33.8. The predicted molar refractivity (Wildman–Crippen MR) is 193 cm³/mol. The van der Waals surface area contributed by atoms with Gasteiger partial charge in [-0.2, -0.15) is 0 Å². The van der Waals surface area contributed by atoms with E-state index in [4.69, 9.17) is 4.98 Å². The molecule has 1 N–H and O–H groups in total. The van der Waals surface area contributed by atoms with Crippen LogP contribution in [0.25, 0.3) is 50.5 Å². The van der Waals surface area contributed by atoms with Gasteiger partial charge in [-0.25, -0.2) is 4.98 Å². The van der Waals surface area contributed by atoms with Crippen molar-refractivity contribution in [2.75, 3.05) is 0 Å². The number of phenols is 1. The molecule has 2 aromatic heterocycles. The second-order valence-electron chi connectivity index (χ2n) is 15.5. The van der Waals surface area contributed by atoms with Gasteiger partial charge in [-0.05, 0) is 81.5 Å². The minimum absolute atomic E-state index is 0.0649. The molecule has 0 aliphatic rings. The standard InChI is InChI=1S/C42H45N3O/c1-40(2,3)29-23-27(22-28(24-29)35-19-13-14-21-43-35)32-18-15-20-36-37(32)44-39(45(36)31-16-11-10-12-17-31)33-25-30(41(4,5)6)26-34(38(33)46)42(7,8)9/h10-26,46H,1-9H3. The lowest BCUT2D eigenvalue weighted by Crippen LogP contribution is -2.17. The van der Waals surface area contributed by atoms with E-state index in [0.29, 0.717) is 0 Å². The Bertz CT molecular complexity index is 2030. The van der Waals surface area contributed by atoms with Crippen LogP contribution >= 0.6 is 0 Å². The van der Waals surface area contributed by atoms with Gasteiger partial charge in [0.05, 0.1) is 22.3 Å². The average Bonchev–Trinajstić information content (AvgIpc) is 3.40. The summed E-state index contributed by atoms with van der Waals surface area (Å²) in [5.41, 5.74) is 10.6. The molecule has 4 heteroatoms. The van der Waals surface area contributed by atoms with Gasteiger partial charge in [-0.1, -0.05) is 111 Å². The molecule has 234 valence electrons. The molecule has 4 nitrogen and oxygen atoms in total. The zero-order valence-corrected chi connectivity index (χ0v) is 28.6. The SMILES string of the molecule is CC(C)(C)c1cc(-c2ccccn2)cc(-c2cccc3c2nc(-c2cc(C(C)(C)C)cc(C(C)(C)C)c2O)n3-c2ccccc2)c1. The van der Waals surface area contributed by atoms with Crippen molar-refractivity contribution in [1.82, 2.24) is 14.5 Å². The van der Waals surface area contributed by atoms with Gasteiger partial charge in [0.15, 0.2) is 0 Å². The zero-order chi connectivity index (χ0) is 33.0. The first-order valence-electron chi connectivity index (χ1n) is 16.2. The number of phenolic OH excluding ortho intramolecular Hbond substituents is 1. The lowest BCUT2D eigenvalue weighted by atomic mass is 9.79. The van der Waals surface area contributed by atoms with E-state index >= 15 is 0 Å². The summed E-state index contributed by atoms with van der Waals surface area (Å²) in [5.74, 6) is 1.00. The molecule has 6 aromatic rings. The Morgan fingerprint density at radius 1 is 0.587 bits per heavy atom. The molecule has 4 aromatic carbocycles. The van der Waals surface area contributed by atoms with Crippen LogP contribution in [0.3, 0.4) is 0 Å². The van der Waals surface area contributed by atoms with E-state index in [1.54, 1.807) is 0 Å². The monoisotopic (exact) mass is 607 g/mol. The fraction of sp³-hybridized carbons (Fsp3) is 0.286. The highest BCUT2D eigenvalue weighted by Gasteiger charge is 2.28. The zero-order valence-electron chi connectivity index (χ0n) is 28.6. The Morgan fingerprint density at radius 2 is 1.24 bits per heavy atom. The maximum absolute atomic E-state index is 12.0. The summed E-state index contributed by atoms with van der Waals surface area (Å²) in [5, 5.41) is 12.0. The molecule has 0 atom stereocenters. The highest BCUT2D eigenvalue weighted by Crippen LogP contribution is 2.44. The summed E-state index contributed by atoms with van der Waals surface area (Å²) >= 11 is 0. The number of para-hydroxylation sites is 2. The molecule has 0 aliphatic carbocycles. The Balaban J connectivity index is 1.70. The number of pyridine rings is 1. The molecule has 46 heavy (non-hydrogen) atoms. The van der Waals surface area contributed by atoms with Gasteiger partial charge in [-0.3, -0.25) is 9.55 Å². The van der Waals surface area contributed by atoms with Gasteiger partial charge in [-0.15, -0.1) is 0 Å². The normalized spacial score (nSPS) is 12.5. The number of aromatic nitrogens is 3. The maximum Gasteiger partial charge on any atom is 0.149 e. The van der Waals surface area contributed by atoms with Crippen LogP contribution in [0.15, 0.2) is 103 Å². The molecule has 0 aliphatic heterocycles. The minimum Gasteiger partial charge on any atom is -0.507 e. The van der Waals surface area contributed by atoms with E-state index in [0.717, 1.165) is 61.6 Å². The van der Waals surface area contributed by atoms with Crippen LogP contribution < -0.4 is 0 Å². The highest BCUT2D eigenvalue weighted by molar-refractivity contribution is 5.97. The number of hydrogen-bond donors (Lipinski definition) is 1. The van der Waals surface area contributed by atoms with Crippen LogP contribution in [0.1, 0.15) is 79.0 Å². The summed E-state index contributed by atoms with van der Waals surface area (Å²) in [7, 11) is 0. The summed E-state index contributed by atoms with van der Waals surface area (Å²) < 4.78 is 2.19. The third kappa shape index (κ3) is 5.85. The number of imidazole rings is 1. The van der Waals surface area contributed by atoms with E-state index in [1.807, 2.05) is 36.5 Å². The summed E-state index contributed by atoms with van der Waals surface area (Å²) in [6.07, 6.45) is 1.84. The van der Waals surface area contributed by atoms with Crippen molar-refractivity contribution in [3.8, 4) is 45.2 Å². The predicted octanol–water partition coefficient (Wildman–Crippen LogP) is 11.0. The van der Waals surface area contributed by atoms with Crippen LogP contribution in [0.4, 0.5) is 0 Å². The molecule has 0 bridgehead atoms. The lowest BCUT2D eigenvalue weighted by Gasteiger charge is -2.27. The molecule has 0 saturated heterocycles. The van der Waals surface area contributed by atoms with Crippen LogP contribution in [0.2, 0.25) is 0 Å². The molecule has 0 fully saturated rings. The van der Waals surface area contributed by atoms with E-state index in [-0.39, 0.29) is 22.0 Å². The van der Waals surface area contributed by atoms with Crippen molar-refractivity contribution in [2.45, 2.75) is 78.6 Å². The van der Waals surface area contributed by atoms with Crippen molar-refractivity contribution in [1.29, 1.82) is 0 Å². The molecule has 0 radical (unpaired) electrons. The van der Waals surface area contributed by atoms with Crippen molar-refractivity contribution < 1.29 is 5.11 Å². The van der Waals surface area contributed by atoms with Crippen molar-refractivity contribution in [3.63, 3.8) is 0 Å². The third-order valence-electron chi connectivity index (χ3n) is 8.80. The number of aromatic hydroxyl groups is 1. The first-order chi connectivity index (χ1) is 21.6. The Kier molecular flexibility index (Phi) is 7.67. The molecule has 0 spiro atoms. The Morgan fingerprint density at radius 3 is 1.87 bits per heavy atom. The third-order valence-corrected chi connectivity index (χ3v) is 8.80. The van der Waals surface area contributed by atoms with E-state index in [9.17, 15) is 5.11 Å². The molecule has 0 unspecified atom stereocenters. The van der Waals surface area contributed by atoms with Crippen molar-refractivity contribution in [2.24, 2.45) is 0 Å². The minimum atomic E-state index is -0.260. The number of benzene rings is 4. The lowest BCUT2D eigenvalue weighted by molar-refractivity contribution is 0.446. The molecule has 0 amide bonds. The number of rotatable bonds is 4. The first kappa shape index (κ1) is 31.3. The van der Waals surface area contributed by atoms with Gasteiger partial charge in [0, 0.05) is 28.6 Å². The van der Waals surface area contributed by atoms with Crippen molar-refractivity contribution >= 4 is 11.0 Å². The van der Waals surface area contributed by atoms with Gasteiger partial charge < -0.3 is 5.11 Å². The topological polar surface area (TPSA) is 50.9 Å². The quantitative estimate of drug-likeness (QED) is 0.217. The number of fused-ring (bicyclic) bond motifs is 1. The fourth-order valence-corrected chi connectivity index (χ4v) is 6.06. The molecular formula is C42H45N3O. The van der Waals surface area contributed by atoms with Crippen LogP contribution in [0, 0.1) is 0 Å². The van der Waals surface area contributed by atoms with Crippen LogP contribution in [-0.2, 0) is 16.2 Å². The molecule has 2 heterocycles. The highest BCUT2D eigenvalue weighted by atomic mass is 16.3. The smallest absolute Gasteiger partial charge is 0.149 e. The average molecular weight is 608 g/mol. The fourth-order valence-electron chi connectivity index (χ4n) is 6.06. The largest absolute Gasteiger partial charge is 0.507 e. The van der Waals surface area contributed by atoms with E-state index in [1.165, 1.54) is 5.56 Å². The van der Waals surface area contributed by atoms with Crippen molar-refractivity contribution in [3.05, 3.63) is 120 Å². The number of hydrogen-bond acceptors (Lipinski definition) is 3. The van der Waals surface area contributed by atoms with Crippen LogP contribution in [-0.4, -0.2) is 19.6 Å². The van der Waals surface area contributed by atoms with E-state index in [2.05, 4.69) is 139 Å². The summed E-state index contributed by atoms with van der Waals surface area (Å²) in [4.78, 5) is 10.1. The second-order valence-corrected chi connectivity index (χ2v) is 15.5. The number of nitrogens with zero attached hydrogens (tertiary/aromatic N) is 3. The van der Waals surface area contributed by atoms with E-state index < -0.39 is 0 Å². The van der Waals surface area contributed by atoms with Gasteiger partial charge in [0.2, 0.25) is 0 Å². The molecular weight excluding hydrogens is 562 g/mol. The molecule has 0 saturated carbocycles. The van der Waals surface area contributed by atoms with Crippen LogP contribution in [0.5, 0.6) is 5.75 Å². The van der Waals surface area contributed by atoms with Gasteiger partial charge in [0.1, 0.15) is 11.6 Å².